The van der Waals surface area contributed by atoms with Crippen molar-refractivity contribution in [2.45, 2.75) is 32.5 Å². The normalized spacial score (nSPS) is 12.3. The number of aryl methyl sites for hydroxylation is 1. The largest absolute Gasteiger partial charge is 0.344 e. The van der Waals surface area contributed by atoms with Crippen LogP contribution in [0.15, 0.2) is 72.1 Å². The van der Waals surface area contributed by atoms with Gasteiger partial charge in [-0.15, -0.1) is 11.3 Å². The third kappa shape index (κ3) is 4.85. The van der Waals surface area contributed by atoms with Crippen molar-refractivity contribution in [3.8, 4) is 0 Å². The standard InChI is InChI=1S/C23H26N2OS/c1-17-14-15-27-21(17)16-25(3)18(2)23(26)24-22(19-10-6-4-7-11-19)20-12-8-5-9-13-20/h4-15,18,22H,16H2,1-3H3,(H,24,26). The molecule has 4 heteroatoms. The van der Waals surface area contributed by atoms with Gasteiger partial charge in [-0.1, -0.05) is 60.7 Å². The molecule has 0 fully saturated rings. The van der Waals surface area contributed by atoms with Gasteiger partial charge in [0.25, 0.3) is 0 Å². The number of thiophene rings is 1. The Kier molecular flexibility index (Phi) is 6.43. The maximum atomic E-state index is 13.0. The van der Waals surface area contributed by atoms with Crippen LogP contribution in [0.1, 0.15) is 34.5 Å². The van der Waals surface area contributed by atoms with Crippen LogP contribution in [-0.4, -0.2) is 23.9 Å². The molecule has 0 radical (unpaired) electrons. The molecule has 3 rings (SSSR count). The summed E-state index contributed by atoms with van der Waals surface area (Å²) in [7, 11) is 2.00. The number of benzene rings is 2. The number of carbonyl (C=O) groups excluding carboxylic acids is 1. The SMILES string of the molecule is Cc1ccsc1CN(C)C(C)C(=O)NC(c1ccccc1)c1ccccc1. The third-order valence-electron chi connectivity index (χ3n) is 4.95. The number of likely N-dealkylation sites (N-methyl/N-ethyl adjacent to an activating group) is 1. The van der Waals surface area contributed by atoms with E-state index < -0.39 is 0 Å². The van der Waals surface area contributed by atoms with E-state index >= 15 is 0 Å². The first kappa shape index (κ1) is 19.3. The maximum absolute atomic E-state index is 13.0. The molecular weight excluding hydrogens is 352 g/mol. The fourth-order valence-electron chi connectivity index (χ4n) is 3.04. The highest BCUT2D eigenvalue weighted by Crippen LogP contribution is 2.23. The lowest BCUT2D eigenvalue weighted by atomic mass is 9.98. The van der Waals surface area contributed by atoms with Crippen LogP contribution in [0.4, 0.5) is 0 Å². The number of rotatable bonds is 7. The van der Waals surface area contributed by atoms with Gasteiger partial charge in [-0.05, 0) is 49.0 Å². The van der Waals surface area contributed by atoms with Gasteiger partial charge < -0.3 is 5.32 Å². The lowest BCUT2D eigenvalue weighted by molar-refractivity contribution is -0.126. The van der Waals surface area contributed by atoms with E-state index in [2.05, 4.69) is 52.9 Å². The minimum Gasteiger partial charge on any atom is -0.344 e. The Morgan fingerprint density at radius 2 is 1.56 bits per heavy atom. The summed E-state index contributed by atoms with van der Waals surface area (Å²) in [6, 6.07) is 22.0. The summed E-state index contributed by atoms with van der Waals surface area (Å²) < 4.78 is 0. The van der Waals surface area contributed by atoms with Crippen molar-refractivity contribution < 1.29 is 4.79 Å². The molecule has 1 amide bonds. The summed E-state index contributed by atoms with van der Waals surface area (Å²) in [4.78, 5) is 16.4. The monoisotopic (exact) mass is 378 g/mol. The molecule has 140 valence electrons. The number of amides is 1. The highest BCUT2D eigenvalue weighted by Gasteiger charge is 2.23. The van der Waals surface area contributed by atoms with Gasteiger partial charge >= 0.3 is 0 Å². The van der Waals surface area contributed by atoms with E-state index in [1.807, 2.05) is 50.4 Å². The second-order valence-electron chi connectivity index (χ2n) is 6.88. The van der Waals surface area contributed by atoms with Crippen molar-refractivity contribution >= 4 is 17.2 Å². The molecule has 2 aromatic carbocycles. The highest BCUT2D eigenvalue weighted by molar-refractivity contribution is 7.10. The van der Waals surface area contributed by atoms with Gasteiger partial charge in [-0.3, -0.25) is 9.69 Å². The van der Waals surface area contributed by atoms with Gasteiger partial charge in [-0.2, -0.15) is 0 Å². The van der Waals surface area contributed by atoms with Gasteiger partial charge in [-0.25, -0.2) is 0 Å². The minimum absolute atomic E-state index is 0.0319. The Balaban J connectivity index is 1.75. The lowest BCUT2D eigenvalue weighted by Gasteiger charge is -2.27. The lowest BCUT2D eigenvalue weighted by Crippen LogP contribution is -2.44. The zero-order valence-corrected chi connectivity index (χ0v) is 16.9. The highest BCUT2D eigenvalue weighted by atomic mass is 32.1. The van der Waals surface area contributed by atoms with Crippen LogP contribution in [0.5, 0.6) is 0 Å². The summed E-state index contributed by atoms with van der Waals surface area (Å²) in [5, 5.41) is 5.35. The third-order valence-corrected chi connectivity index (χ3v) is 5.96. The first-order valence-electron chi connectivity index (χ1n) is 9.19. The Labute approximate surface area is 165 Å². The van der Waals surface area contributed by atoms with Crippen LogP contribution in [-0.2, 0) is 11.3 Å². The molecule has 0 saturated carbocycles. The number of carbonyl (C=O) groups is 1. The maximum Gasteiger partial charge on any atom is 0.237 e. The van der Waals surface area contributed by atoms with Crippen LogP contribution in [0.25, 0.3) is 0 Å². The van der Waals surface area contributed by atoms with E-state index in [-0.39, 0.29) is 18.0 Å². The Bertz CT molecular complexity index is 821. The molecule has 0 bridgehead atoms. The number of hydrogen-bond donors (Lipinski definition) is 1. The van der Waals surface area contributed by atoms with E-state index in [9.17, 15) is 4.79 Å². The second-order valence-corrected chi connectivity index (χ2v) is 7.88. The van der Waals surface area contributed by atoms with Crippen LogP contribution in [0.2, 0.25) is 0 Å². The molecule has 3 aromatic rings. The summed E-state index contributed by atoms with van der Waals surface area (Å²) in [6.45, 7) is 4.86. The van der Waals surface area contributed by atoms with Gasteiger partial charge in [0.05, 0.1) is 12.1 Å². The first-order valence-corrected chi connectivity index (χ1v) is 10.1. The van der Waals surface area contributed by atoms with Crippen LogP contribution in [0.3, 0.4) is 0 Å². The predicted molar refractivity (Wildman–Crippen MR) is 113 cm³/mol. The average Bonchev–Trinajstić information content (AvgIpc) is 3.11. The van der Waals surface area contributed by atoms with Crippen molar-refractivity contribution in [1.29, 1.82) is 0 Å². The summed E-state index contributed by atoms with van der Waals surface area (Å²) in [5.41, 5.74) is 3.45. The summed E-state index contributed by atoms with van der Waals surface area (Å²) in [5.74, 6) is 0.0319. The molecule has 1 N–H and O–H groups in total. The fourth-order valence-corrected chi connectivity index (χ4v) is 4.01. The van der Waals surface area contributed by atoms with E-state index in [0.29, 0.717) is 0 Å². The number of nitrogens with one attached hydrogen (secondary N) is 1. The Hall–Kier alpha value is -2.43. The molecule has 0 aliphatic heterocycles. The molecule has 27 heavy (non-hydrogen) atoms. The minimum atomic E-state index is -0.221. The second kappa shape index (κ2) is 8.98. The molecule has 1 unspecified atom stereocenters. The predicted octanol–water partition coefficient (Wildman–Crippen LogP) is 4.78. The molecule has 0 saturated heterocycles. The molecule has 0 spiro atoms. The summed E-state index contributed by atoms with van der Waals surface area (Å²) >= 11 is 1.74. The van der Waals surface area contributed by atoms with Crippen molar-refractivity contribution in [3.05, 3.63) is 93.7 Å². The van der Waals surface area contributed by atoms with Crippen molar-refractivity contribution in [3.63, 3.8) is 0 Å². The molecule has 1 atom stereocenters. The Morgan fingerprint density at radius 1 is 1.00 bits per heavy atom. The summed E-state index contributed by atoms with van der Waals surface area (Å²) in [6.07, 6.45) is 0. The van der Waals surface area contributed by atoms with Gasteiger partial charge in [0.2, 0.25) is 5.91 Å². The van der Waals surface area contributed by atoms with Crippen LogP contribution in [0, 0.1) is 6.92 Å². The van der Waals surface area contributed by atoms with E-state index in [1.54, 1.807) is 11.3 Å². The number of nitrogens with zero attached hydrogens (tertiary/aromatic N) is 1. The topological polar surface area (TPSA) is 32.3 Å². The van der Waals surface area contributed by atoms with E-state index in [0.717, 1.165) is 17.7 Å². The Morgan fingerprint density at radius 3 is 2.04 bits per heavy atom. The molecule has 3 nitrogen and oxygen atoms in total. The van der Waals surface area contributed by atoms with Gasteiger partial charge in [0.15, 0.2) is 0 Å². The molecule has 1 aromatic heterocycles. The first-order chi connectivity index (χ1) is 13.1. The zero-order valence-electron chi connectivity index (χ0n) is 16.1. The zero-order chi connectivity index (χ0) is 19.2. The van der Waals surface area contributed by atoms with Crippen molar-refractivity contribution in [1.82, 2.24) is 10.2 Å². The average molecular weight is 379 g/mol. The molecule has 0 aliphatic carbocycles. The van der Waals surface area contributed by atoms with Gasteiger partial charge in [0.1, 0.15) is 0 Å². The van der Waals surface area contributed by atoms with Crippen molar-refractivity contribution in [2.24, 2.45) is 0 Å². The van der Waals surface area contributed by atoms with Crippen LogP contribution >= 0.6 is 11.3 Å². The molecular formula is C23H26N2OS. The smallest absolute Gasteiger partial charge is 0.237 e. The molecule has 0 aliphatic rings. The number of hydrogen-bond acceptors (Lipinski definition) is 3. The van der Waals surface area contributed by atoms with Gasteiger partial charge in [0, 0.05) is 11.4 Å². The van der Waals surface area contributed by atoms with E-state index in [4.69, 9.17) is 0 Å². The quantitative estimate of drug-likeness (QED) is 0.641. The van der Waals surface area contributed by atoms with E-state index in [1.165, 1.54) is 10.4 Å². The fraction of sp³-hybridized carbons (Fsp3) is 0.261. The van der Waals surface area contributed by atoms with Crippen molar-refractivity contribution in [2.75, 3.05) is 7.05 Å². The molecule has 1 heterocycles. The van der Waals surface area contributed by atoms with Crippen LogP contribution < -0.4 is 5.32 Å².